The lowest BCUT2D eigenvalue weighted by molar-refractivity contribution is -0.123. The number of amides is 3. The molecule has 0 bridgehead atoms. The molecule has 2 atom stereocenters. The minimum absolute atomic E-state index is 0.177. The molecule has 0 spiro atoms. The lowest BCUT2D eigenvalue weighted by Crippen LogP contribution is -2.43. The summed E-state index contributed by atoms with van der Waals surface area (Å²) in [7, 11) is 0. The largest absolute Gasteiger partial charge is 0.324 e. The number of rotatable bonds is 5. The SMILES string of the molecule is CC(C)c1ccc(NC(=O)CN2N=NC3C(=O)N(c4ccc(Br)cc4)C(=O)C32)cc1. The molecule has 8 nitrogen and oxygen atoms in total. The highest BCUT2D eigenvalue weighted by Crippen LogP contribution is 2.32. The third-order valence-corrected chi connectivity index (χ3v) is 5.64. The van der Waals surface area contributed by atoms with Gasteiger partial charge in [0.2, 0.25) is 5.91 Å². The van der Waals surface area contributed by atoms with Crippen LogP contribution in [0.25, 0.3) is 0 Å². The Morgan fingerprint density at radius 1 is 1.07 bits per heavy atom. The van der Waals surface area contributed by atoms with Gasteiger partial charge in [-0.1, -0.05) is 47.1 Å². The highest BCUT2D eigenvalue weighted by molar-refractivity contribution is 9.10. The summed E-state index contributed by atoms with van der Waals surface area (Å²) >= 11 is 3.33. The number of nitrogens with one attached hydrogen (secondary N) is 1. The summed E-state index contributed by atoms with van der Waals surface area (Å²) in [5.41, 5.74) is 2.29. The Morgan fingerprint density at radius 2 is 1.73 bits per heavy atom. The number of halogens is 1. The molecule has 0 aliphatic carbocycles. The van der Waals surface area contributed by atoms with Gasteiger partial charge in [-0.15, -0.1) is 0 Å². The zero-order chi connectivity index (χ0) is 21.4. The molecule has 0 radical (unpaired) electrons. The van der Waals surface area contributed by atoms with Gasteiger partial charge in [-0.05, 0) is 47.9 Å². The highest BCUT2D eigenvalue weighted by atomic mass is 79.9. The van der Waals surface area contributed by atoms with Gasteiger partial charge >= 0.3 is 0 Å². The average molecular weight is 470 g/mol. The van der Waals surface area contributed by atoms with Crippen molar-refractivity contribution in [2.45, 2.75) is 31.8 Å². The molecule has 0 saturated carbocycles. The predicted octanol–water partition coefficient (Wildman–Crippen LogP) is 3.50. The maximum Gasteiger partial charge on any atom is 0.263 e. The molecule has 154 valence electrons. The standard InChI is InChI=1S/C21H20BrN5O3/c1-12(2)13-3-7-15(8-4-13)23-17(28)11-26-19-18(24-25-26)20(29)27(21(19)30)16-9-5-14(22)6-10-16/h3-10,12,18-19H,11H2,1-2H3,(H,23,28). The number of hydrogen-bond acceptors (Lipinski definition) is 6. The van der Waals surface area contributed by atoms with Gasteiger partial charge in [0.15, 0.2) is 12.1 Å². The molecule has 2 aromatic rings. The van der Waals surface area contributed by atoms with Crippen LogP contribution in [0.3, 0.4) is 0 Å². The van der Waals surface area contributed by atoms with Gasteiger partial charge in [-0.25, -0.2) is 4.90 Å². The second-order valence-electron chi connectivity index (χ2n) is 7.51. The molecule has 2 heterocycles. The maximum atomic E-state index is 12.9. The molecule has 1 fully saturated rings. The summed E-state index contributed by atoms with van der Waals surface area (Å²) < 4.78 is 0.838. The first kappa shape index (κ1) is 20.2. The van der Waals surface area contributed by atoms with Crippen LogP contribution in [0.1, 0.15) is 25.3 Å². The number of carbonyl (C=O) groups excluding carboxylic acids is 3. The first-order valence-electron chi connectivity index (χ1n) is 9.56. The minimum atomic E-state index is -0.931. The summed E-state index contributed by atoms with van der Waals surface area (Å²) in [6, 6.07) is 12.6. The van der Waals surface area contributed by atoms with Crippen LogP contribution in [-0.2, 0) is 14.4 Å². The van der Waals surface area contributed by atoms with E-state index in [1.54, 1.807) is 24.3 Å². The van der Waals surface area contributed by atoms with Crippen molar-refractivity contribution in [1.29, 1.82) is 0 Å². The Labute approximate surface area is 182 Å². The Bertz CT molecular complexity index is 1020. The van der Waals surface area contributed by atoms with Crippen LogP contribution < -0.4 is 10.2 Å². The lowest BCUT2D eigenvalue weighted by atomic mass is 10.0. The summed E-state index contributed by atoms with van der Waals surface area (Å²) in [4.78, 5) is 39.2. The number of anilines is 2. The van der Waals surface area contributed by atoms with Crippen molar-refractivity contribution < 1.29 is 14.4 Å². The van der Waals surface area contributed by atoms with Crippen molar-refractivity contribution in [3.05, 3.63) is 58.6 Å². The fourth-order valence-electron chi connectivity index (χ4n) is 3.50. The van der Waals surface area contributed by atoms with Crippen molar-refractivity contribution in [3.63, 3.8) is 0 Å². The van der Waals surface area contributed by atoms with Crippen LogP contribution in [0, 0.1) is 0 Å². The molecule has 3 amide bonds. The number of hydrogen-bond donors (Lipinski definition) is 1. The Morgan fingerprint density at radius 3 is 2.37 bits per heavy atom. The minimum Gasteiger partial charge on any atom is -0.324 e. The van der Waals surface area contributed by atoms with Crippen LogP contribution in [0.4, 0.5) is 11.4 Å². The fourth-order valence-corrected chi connectivity index (χ4v) is 3.76. The first-order valence-corrected chi connectivity index (χ1v) is 10.3. The van der Waals surface area contributed by atoms with E-state index in [4.69, 9.17) is 0 Å². The average Bonchev–Trinajstić information content (AvgIpc) is 3.23. The Kier molecular flexibility index (Phi) is 5.38. The van der Waals surface area contributed by atoms with E-state index in [2.05, 4.69) is 45.4 Å². The van der Waals surface area contributed by atoms with Crippen LogP contribution in [0.5, 0.6) is 0 Å². The number of benzene rings is 2. The highest BCUT2D eigenvalue weighted by Gasteiger charge is 2.55. The third kappa shape index (κ3) is 3.72. The molecule has 0 aromatic heterocycles. The number of nitrogens with zero attached hydrogens (tertiary/aromatic N) is 4. The van der Waals surface area contributed by atoms with E-state index in [1.165, 1.54) is 10.6 Å². The van der Waals surface area contributed by atoms with Gasteiger partial charge < -0.3 is 5.32 Å². The van der Waals surface area contributed by atoms with Gasteiger partial charge in [0.25, 0.3) is 11.8 Å². The number of carbonyl (C=O) groups is 3. The second kappa shape index (κ2) is 7.98. The molecule has 1 saturated heterocycles. The van der Waals surface area contributed by atoms with E-state index < -0.39 is 23.9 Å². The van der Waals surface area contributed by atoms with Crippen molar-refractivity contribution in [2.75, 3.05) is 16.8 Å². The van der Waals surface area contributed by atoms with E-state index in [0.29, 0.717) is 17.3 Å². The van der Waals surface area contributed by atoms with E-state index in [0.717, 1.165) is 9.37 Å². The molecule has 1 N–H and O–H groups in total. The Hall–Kier alpha value is -3.07. The zero-order valence-corrected chi connectivity index (χ0v) is 18.0. The van der Waals surface area contributed by atoms with Crippen molar-refractivity contribution in [3.8, 4) is 0 Å². The normalized spacial score (nSPS) is 20.3. The molecule has 2 aliphatic heterocycles. The lowest BCUT2D eigenvalue weighted by Gasteiger charge is -2.20. The van der Waals surface area contributed by atoms with Crippen molar-refractivity contribution in [2.24, 2.45) is 10.3 Å². The predicted molar refractivity (Wildman–Crippen MR) is 115 cm³/mol. The van der Waals surface area contributed by atoms with Crippen molar-refractivity contribution >= 4 is 45.0 Å². The molecule has 2 aromatic carbocycles. The van der Waals surface area contributed by atoms with Crippen molar-refractivity contribution in [1.82, 2.24) is 5.01 Å². The molecular formula is C21H20BrN5O3. The van der Waals surface area contributed by atoms with Gasteiger partial charge in [-0.2, -0.15) is 5.11 Å². The topological polar surface area (TPSA) is 94.4 Å². The monoisotopic (exact) mass is 469 g/mol. The van der Waals surface area contributed by atoms with Gasteiger partial charge in [0, 0.05) is 10.2 Å². The van der Waals surface area contributed by atoms with Crippen LogP contribution >= 0.6 is 15.9 Å². The fraction of sp³-hybridized carbons (Fsp3) is 0.286. The van der Waals surface area contributed by atoms with Gasteiger partial charge in [-0.3, -0.25) is 19.4 Å². The molecular weight excluding hydrogens is 450 g/mol. The first-order chi connectivity index (χ1) is 14.3. The number of imide groups is 1. The van der Waals surface area contributed by atoms with E-state index in [-0.39, 0.29) is 12.5 Å². The summed E-state index contributed by atoms with van der Waals surface area (Å²) in [6.45, 7) is 4.02. The summed E-state index contributed by atoms with van der Waals surface area (Å²) in [5.74, 6) is -0.819. The Balaban J connectivity index is 1.44. The third-order valence-electron chi connectivity index (χ3n) is 5.11. The van der Waals surface area contributed by atoms with E-state index in [9.17, 15) is 14.4 Å². The summed E-state index contributed by atoms with van der Waals surface area (Å²) in [6.07, 6.45) is 0. The zero-order valence-electron chi connectivity index (χ0n) is 16.4. The van der Waals surface area contributed by atoms with Gasteiger partial charge in [0.1, 0.15) is 6.54 Å². The molecule has 9 heteroatoms. The molecule has 2 aliphatic rings. The van der Waals surface area contributed by atoms with Crippen LogP contribution in [0.2, 0.25) is 0 Å². The molecule has 30 heavy (non-hydrogen) atoms. The quantitative estimate of drug-likeness (QED) is 0.677. The molecule has 2 unspecified atom stereocenters. The summed E-state index contributed by atoms with van der Waals surface area (Å²) in [5, 5.41) is 11.9. The van der Waals surface area contributed by atoms with Gasteiger partial charge in [0.05, 0.1) is 5.69 Å². The smallest absolute Gasteiger partial charge is 0.263 e. The van der Waals surface area contributed by atoms with Crippen LogP contribution in [-0.4, -0.2) is 41.4 Å². The van der Waals surface area contributed by atoms with E-state index in [1.807, 2.05) is 24.3 Å². The maximum absolute atomic E-state index is 12.9. The van der Waals surface area contributed by atoms with Crippen LogP contribution in [0.15, 0.2) is 63.3 Å². The second-order valence-corrected chi connectivity index (χ2v) is 8.42. The molecule has 4 rings (SSSR count). The number of fused-ring (bicyclic) bond motifs is 1. The van der Waals surface area contributed by atoms with E-state index >= 15 is 0 Å².